The third-order valence-electron chi connectivity index (χ3n) is 3.25. The molecule has 0 unspecified atom stereocenters. The molecule has 2 aromatic heterocycles. The minimum absolute atomic E-state index is 0.00526. The zero-order valence-electron chi connectivity index (χ0n) is 12.3. The fourth-order valence-corrected chi connectivity index (χ4v) is 2.16. The molecule has 0 fully saturated rings. The summed E-state index contributed by atoms with van der Waals surface area (Å²) in [6.45, 7) is 0.756. The van der Waals surface area contributed by atoms with Gasteiger partial charge in [0.15, 0.2) is 11.5 Å². The third-order valence-corrected chi connectivity index (χ3v) is 3.25. The smallest absolute Gasteiger partial charge is 0.222 e. The van der Waals surface area contributed by atoms with Crippen LogP contribution in [0.1, 0.15) is 12.0 Å². The predicted octanol–water partition coefficient (Wildman–Crippen LogP) is 2.94. The van der Waals surface area contributed by atoms with E-state index in [9.17, 15) is 9.50 Å². The van der Waals surface area contributed by atoms with Crippen molar-refractivity contribution < 1.29 is 14.2 Å². The third kappa shape index (κ3) is 4.03. The quantitative estimate of drug-likeness (QED) is 0.708. The number of halogens is 1. The number of benzene rings is 1. The van der Waals surface area contributed by atoms with E-state index in [1.165, 1.54) is 24.5 Å². The van der Waals surface area contributed by atoms with Crippen LogP contribution in [0.25, 0.3) is 0 Å². The number of ether oxygens (including phenoxy) is 1. The Labute approximate surface area is 132 Å². The highest BCUT2D eigenvalue weighted by Gasteiger charge is 2.07. The SMILES string of the molecule is Oc1cc(CCCn2cncn2)ccc1Oc1cccc(F)n1. The van der Waals surface area contributed by atoms with Crippen LogP contribution in [0.2, 0.25) is 0 Å². The lowest BCUT2D eigenvalue weighted by molar-refractivity contribution is 0.396. The second-order valence-corrected chi connectivity index (χ2v) is 4.96. The number of rotatable bonds is 6. The first-order valence-corrected chi connectivity index (χ1v) is 7.15. The number of nitrogens with zero attached hydrogens (tertiary/aromatic N) is 4. The maximum atomic E-state index is 13.0. The molecule has 23 heavy (non-hydrogen) atoms. The van der Waals surface area contributed by atoms with Crippen LogP contribution in [0.4, 0.5) is 4.39 Å². The average Bonchev–Trinajstić information content (AvgIpc) is 3.03. The van der Waals surface area contributed by atoms with E-state index in [0.717, 1.165) is 24.9 Å². The van der Waals surface area contributed by atoms with E-state index >= 15 is 0 Å². The summed E-state index contributed by atoms with van der Waals surface area (Å²) in [4.78, 5) is 7.48. The molecule has 7 heteroatoms. The monoisotopic (exact) mass is 314 g/mol. The average molecular weight is 314 g/mol. The summed E-state index contributed by atoms with van der Waals surface area (Å²) >= 11 is 0. The van der Waals surface area contributed by atoms with E-state index in [1.54, 1.807) is 23.1 Å². The summed E-state index contributed by atoms with van der Waals surface area (Å²) in [5.41, 5.74) is 0.974. The van der Waals surface area contributed by atoms with Crippen molar-refractivity contribution in [3.05, 3.63) is 60.6 Å². The molecule has 0 spiro atoms. The Balaban J connectivity index is 1.61. The Bertz CT molecular complexity index is 778. The van der Waals surface area contributed by atoms with Gasteiger partial charge in [-0.15, -0.1) is 0 Å². The summed E-state index contributed by atoms with van der Waals surface area (Å²) in [6.07, 6.45) is 4.82. The van der Waals surface area contributed by atoms with E-state index < -0.39 is 5.95 Å². The van der Waals surface area contributed by atoms with Crippen molar-refractivity contribution in [3.8, 4) is 17.4 Å². The Hall–Kier alpha value is -2.96. The molecule has 0 atom stereocenters. The van der Waals surface area contributed by atoms with Crippen molar-refractivity contribution in [2.45, 2.75) is 19.4 Å². The summed E-state index contributed by atoms with van der Waals surface area (Å²) in [5.74, 6) is -0.302. The van der Waals surface area contributed by atoms with Crippen LogP contribution in [-0.4, -0.2) is 24.9 Å². The van der Waals surface area contributed by atoms with Crippen molar-refractivity contribution in [3.63, 3.8) is 0 Å². The number of pyridine rings is 1. The Morgan fingerprint density at radius 2 is 2.13 bits per heavy atom. The zero-order valence-corrected chi connectivity index (χ0v) is 12.3. The lowest BCUT2D eigenvalue weighted by Gasteiger charge is -2.08. The second kappa shape index (κ2) is 6.87. The number of aromatic nitrogens is 4. The van der Waals surface area contributed by atoms with E-state index in [1.807, 2.05) is 6.07 Å². The molecule has 118 valence electrons. The number of aryl methyl sites for hydroxylation is 2. The molecular weight excluding hydrogens is 299 g/mol. The van der Waals surface area contributed by atoms with Crippen molar-refractivity contribution in [1.29, 1.82) is 0 Å². The van der Waals surface area contributed by atoms with Gasteiger partial charge >= 0.3 is 0 Å². The molecule has 0 aliphatic carbocycles. The van der Waals surface area contributed by atoms with Gasteiger partial charge in [-0.25, -0.2) is 4.98 Å². The Morgan fingerprint density at radius 3 is 2.87 bits per heavy atom. The molecule has 1 N–H and O–H groups in total. The number of aromatic hydroxyl groups is 1. The Morgan fingerprint density at radius 1 is 1.22 bits per heavy atom. The number of hydrogen-bond donors (Lipinski definition) is 1. The molecule has 0 aliphatic rings. The van der Waals surface area contributed by atoms with Crippen molar-refractivity contribution in [1.82, 2.24) is 19.7 Å². The molecule has 3 aromatic rings. The molecule has 2 heterocycles. The van der Waals surface area contributed by atoms with Crippen LogP contribution in [-0.2, 0) is 13.0 Å². The Kier molecular flexibility index (Phi) is 4.46. The molecular formula is C16H15FN4O2. The second-order valence-electron chi connectivity index (χ2n) is 4.96. The van der Waals surface area contributed by atoms with Gasteiger partial charge in [-0.05, 0) is 36.6 Å². The van der Waals surface area contributed by atoms with Gasteiger partial charge in [0, 0.05) is 12.6 Å². The number of phenolic OH excluding ortho intramolecular Hbond substituents is 1. The molecule has 6 nitrogen and oxygen atoms in total. The van der Waals surface area contributed by atoms with Crippen LogP contribution >= 0.6 is 0 Å². The van der Waals surface area contributed by atoms with Crippen molar-refractivity contribution in [2.75, 3.05) is 0 Å². The molecule has 0 radical (unpaired) electrons. The lowest BCUT2D eigenvalue weighted by Crippen LogP contribution is -2.00. The van der Waals surface area contributed by atoms with E-state index in [4.69, 9.17) is 4.74 Å². The maximum absolute atomic E-state index is 13.0. The van der Waals surface area contributed by atoms with Crippen LogP contribution in [0.15, 0.2) is 49.1 Å². The fraction of sp³-hybridized carbons (Fsp3) is 0.188. The molecule has 0 saturated carbocycles. The minimum atomic E-state index is -0.633. The minimum Gasteiger partial charge on any atom is -0.504 e. The maximum Gasteiger partial charge on any atom is 0.222 e. The molecule has 0 saturated heterocycles. The zero-order chi connectivity index (χ0) is 16.1. The molecule has 0 amide bonds. The first kappa shape index (κ1) is 15.0. The fourth-order valence-electron chi connectivity index (χ4n) is 2.16. The molecule has 0 bridgehead atoms. The topological polar surface area (TPSA) is 73.1 Å². The highest BCUT2D eigenvalue weighted by atomic mass is 19.1. The summed E-state index contributed by atoms with van der Waals surface area (Å²) in [7, 11) is 0. The predicted molar refractivity (Wildman–Crippen MR) is 80.7 cm³/mol. The van der Waals surface area contributed by atoms with Gasteiger partial charge in [-0.3, -0.25) is 4.68 Å². The van der Waals surface area contributed by atoms with Gasteiger partial charge in [-0.1, -0.05) is 12.1 Å². The van der Waals surface area contributed by atoms with E-state index in [2.05, 4.69) is 15.1 Å². The lowest BCUT2D eigenvalue weighted by atomic mass is 10.1. The first-order valence-electron chi connectivity index (χ1n) is 7.15. The van der Waals surface area contributed by atoms with Gasteiger partial charge in [0.25, 0.3) is 0 Å². The van der Waals surface area contributed by atoms with Crippen LogP contribution < -0.4 is 4.74 Å². The summed E-state index contributed by atoms with van der Waals surface area (Å²) in [5, 5.41) is 14.1. The van der Waals surface area contributed by atoms with Crippen LogP contribution in [0, 0.1) is 5.95 Å². The van der Waals surface area contributed by atoms with Gasteiger partial charge in [-0.2, -0.15) is 14.5 Å². The summed E-state index contributed by atoms with van der Waals surface area (Å²) in [6, 6.07) is 9.38. The number of hydrogen-bond acceptors (Lipinski definition) is 5. The van der Waals surface area contributed by atoms with Crippen molar-refractivity contribution in [2.24, 2.45) is 0 Å². The van der Waals surface area contributed by atoms with Crippen molar-refractivity contribution >= 4 is 0 Å². The largest absolute Gasteiger partial charge is 0.504 e. The van der Waals surface area contributed by atoms with Gasteiger partial charge in [0.2, 0.25) is 11.8 Å². The highest BCUT2D eigenvalue weighted by molar-refractivity contribution is 5.43. The number of phenols is 1. The summed E-state index contributed by atoms with van der Waals surface area (Å²) < 4.78 is 20.2. The van der Waals surface area contributed by atoms with E-state index in [0.29, 0.717) is 0 Å². The molecule has 0 aliphatic heterocycles. The van der Waals surface area contributed by atoms with Gasteiger partial charge in [0.1, 0.15) is 12.7 Å². The molecule has 3 rings (SSSR count). The molecule has 1 aromatic carbocycles. The standard InChI is InChI=1S/C16H15FN4O2/c17-15-4-1-5-16(20-15)23-14-7-6-12(9-13(14)22)3-2-8-21-11-18-10-19-21/h1,4-7,9-11,22H,2-3,8H2. The van der Waals surface area contributed by atoms with Gasteiger partial charge in [0.05, 0.1) is 0 Å². The first-order chi connectivity index (χ1) is 11.2. The highest BCUT2D eigenvalue weighted by Crippen LogP contribution is 2.30. The van der Waals surface area contributed by atoms with Crippen LogP contribution in [0.5, 0.6) is 17.4 Å². The van der Waals surface area contributed by atoms with Gasteiger partial charge < -0.3 is 9.84 Å². The van der Waals surface area contributed by atoms with E-state index in [-0.39, 0.29) is 17.4 Å². The normalized spacial score (nSPS) is 10.7. The van der Waals surface area contributed by atoms with Crippen LogP contribution in [0.3, 0.4) is 0 Å².